The lowest BCUT2D eigenvalue weighted by Crippen LogP contribution is -2.45. The van der Waals surface area contributed by atoms with Crippen LogP contribution >= 0.6 is 7.82 Å². The van der Waals surface area contributed by atoms with Gasteiger partial charge in [0.25, 0.3) is 7.82 Å². The fraction of sp³-hybridized carbons (Fsp3) is 0.894. The third kappa shape index (κ3) is 41.2. The van der Waals surface area contributed by atoms with Crippen LogP contribution in [-0.4, -0.2) is 68.5 Å². The summed E-state index contributed by atoms with van der Waals surface area (Å²) in [6.07, 6.45) is 46.5. The molecular weight excluding hydrogens is 719 g/mol. The Kier molecular flexibility index (Phi) is 38.7. The van der Waals surface area contributed by atoms with Crippen molar-refractivity contribution in [3.05, 3.63) is 24.3 Å². The van der Waals surface area contributed by atoms with Crippen LogP contribution < -0.4 is 10.2 Å². The fourth-order valence-corrected chi connectivity index (χ4v) is 7.58. The Hall–Kier alpha value is -1.02. The topological polar surface area (TPSA) is 108 Å². The van der Waals surface area contributed by atoms with Gasteiger partial charge in [-0.25, -0.2) is 0 Å². The van der Waals surface area contributed by atoms with E-state index in [4.69, 9.17) is 9.05 Å². The molecule has 3 unspecified atom stereocenters. The fourth-order valence-electron chi connectivity index (χ4n) is 6.85. The predicted octanol–water partition coefficient (Wildman–Crippen LogP) is 12.7. The van der Waals surface area contributed by atoms with Crippen LogP contribution in [0.15, 0.2) is 24.3 Å². The SMILES string of the molecule is CCCCCCCCCCCC/C=C\CCCCCCCCCC(=O)NC(COP(=O)([O-])OCC[N+](C)(C)C)C(O)/C=C/CCCCCCCCCCCCC. The molecule has 0 aromatic carbocycles. The highest BCUT2D eigenvalue weighted by atomic mass is 31.2. The average Bonchev–Trinajstić information content (AvgIpc) is 3.15. The van der Waals surface area contributed by atoms with Crippen molar-refractivity contribution < 1.29 is 32.9 Å². The molecule has 0 spiro atoms. The number of likely N-dealkylation sites (N-methyl/N-ethyl adjacent to an activating group) is 1. The third-order valence-corrected chi connectivity index (χ3v) is 11.6. The Morgan fingerprint density at radius 3 is 1.39 bits per heavy atom. The van der Waals surface area contributed by atoms with Crippen molar-refractivity contribution in [1.29, 1.82) is 0 Å². The zero-order valence-corrected chi connectivity index (χ0v) is 38.5. The molecule has 0 bridgehead atoms. The molecule has 0 aromatic rings. The monoisotopic (exact) mass is 813 g/mol. The lowest BCUT2D eigenvalue weighted by molar-refractivity contribution is -0.870. The van der Waals surface area contributed by atoms with Gasteiger partial charge in [-0.1, -0.05) is 192 Å². The van der Waals surface area contributed by atoms with Crippen LogP contribution in [0.2, 0.25) is 0 Å². The number of aliphatic hydroxyl groups excluding tert-OH is 1. The van der Waals surface area contributed by atoms with Gasteiger partial charge >= 0.3 is 0 Å². The van der Waals surface area contributed by atoms with Crippen LogP contribution in [0.3, 0.4) is 0 Å². The number of quaternary nitrogens is 1. The third-order valence-electron chi connectivity index (χ3n) is 10.7. The molecule has 0 saturated carbocycles. The number of allylic oxidation sites excluding steroid dienone is 3. The minimum atomic E-state index is -4.59. The number of amides is 1. The second-order valence-corrected chi connectivity index (χ2v) is 18.9. The Labute approximate surface area is 347 Å². The van der Waals surface area contributed by atoms with Crippen LogP contribution in [0.4, 0.5) is 0 Å². The van der Waals surface area contributed by atoms with Crippen LogP contribution in [0.5, 0.6) is 0 Å². The molecule has 8 nitrogen and oxygen atoms in total. The lowest BCUT2D eigenvalue weighted by Gasteiger charge is -2.29. The van der Waals surface area contributed by atoms with E-state index >= 15 is 0 Å². The molecule has 0 aromatic heterocycles. The van der Waals surface area contributed by atoms with Crippen molar-refractivity contribution in [1.82, 2.24) is 5.32 Å². The number of nitrogens with zero attached hydrogens (tertiary/aromatic N) is 1. The number of carbonyl (C=O) groups excluding carboxylic acids is 1. The van der Waals surface area contributed by atoms with Crippen molar-refractivity contribution in [3.63, 3.8) is 0 Å². The van der Waals surface area contributed by atoms with Gasteiger partial charge in [0.2, 0.25) is 5.91 Å². The quantitative estimate of drug-likeness (QED) is 0.0275. The first-order valence-electron chi connectivity index (χ1n) is 23.7. The van der Waals surface area contributed by atoms with Crippen molar-refractivity contribution in [2.45, 2.75) is 231 Å². The van der Waals surface area contributed by atoms with Gasteiger partial charge in [-0.05, 0) is 44.9 Å². The van der Waals surface area contributed by atoms with Crippen molar-refractivity contribution >= 4 is 13.7 Å². The molecular formula is C47H93N2O6P. The number of phosphoric ester groups is 1. The number of phosphoric acid groups is 1. The number of nitrogens with one attached hydrogen (secondary N) is 1. The summed E-state index contributed by atoms with van der Waals surface area (Å²) >= 11 is 0. The maximum Gasteiger partial charge on any atom is 0.268 e. The zero-order chi connectivity index (χ0) is 41.4. The highest BCUT2D eigenvalue weighted by Crippen LogP contribution is 2.38. The first-order chi connectivity index (χ1) is 27.0. The molecule has 2 N–H and O–H groups in total. The van der Waals surface area contributed by atoms with E-state index in [1.165, 1.54) is 161 Å². The minimum absolute atomic E-state index is 0.000752. The molecule has 0 radical (unpaired) electrons. The summed E-state index contributed by atoms with van der Waals surface area (Å²) < 4.78 is 23.2. The summed E-state index contributed by atoms with van der Waals surface area (Å²) in [5, 5.41) is 13.8. The van der Waals surface area contributed by atoms with Crippen LogP contribution in [0, 0.1) is 0 Å². The normalized spacial score (nSPS) is 14.5. The standard InChI is InChI=1S/C47H93N2O6P/c1-6-8-10-12-14-16-18-20-21-22-23-24-25-26-27-29-31-33-35-37-39-41-47(51)48-45(44-55-56(52,53)54-43-42-49(3,4)5)46(50)40-38-36-34-32-30-28-19-17-15-13-11-9-7-2/h24-25,38,40,45-46,50H,6-23,26-37,39,41-44H2,1-5H3,(H-,48,51,52,53)/b25-24-,40-38+. The molecule has 0 heterocycles. The summed E-state index contributed by atoms with van der Waals surface area (Å²) in [7, 11) is 1.26. The number of hydrogen-bond donors (Lipinski definition) is 2. The molecule has 0 saturated heterocycles. The number of unbranched alkanes of at least 4 members (excludes halogenated alkanes) is 28. The summed E-state index contributed by atoms with van der Waals surface area (Å²) in [5.74, 6) is -0.201. The van der Waals surface area contributed by atoms with E-state index in [0.717, 1.165) is 38.5 Å². The molecule has 0 aliphatic rings. The largest absolute Gasteiger partial charge is 0.756 e. The zero-order valence-electron chi connectivity index (χ0n) is 37.6. The summed E-state index contributed by atoms with van der Waals surface area (Å²) in [5.41, 5.74) is 0. The first kappa shape index (κ1) is 55.0. The van der Waals surface area contributed by atoms with Crippen molar-refractivity contribution in [2.75, 3.05) is 40.9 Å². The molecule has 0 fully saturated rings. The van der Waals surface area contributed by atoms with Gasteiger partial charge in [0.1, 0.15) is 13.2 Å². The first-order valence-corrected chi connectivity index (χ1v) is 25.2. The van der Waals surface area contributed by atoms with E-state index in [2.05, 4.69) is 31.3 Å². The van der Waals surface area contributed by atoms with E-state index in [9.17, 15) is 19.4 Å². The smallest absolute Gasteiger partial charge is 0.268 e. The van der Waals surface area contributed by atoms with Gasteiger partial charge in [0.15, 0.2) is 0 Å². The number of carbonyl (C=O) groups is 1. The van der Waals surface area contributed by atoms with Gasteiger partial charge in [0.05, 0.1) is 39.9 Å². The molecule has 332 valence electrons. The van der Waals surface area contributed by atoms with Gasteiger partial charge in [0, 0.05) is 6.42 Å². The highest BCUT2D eigenvalue weighted by molar-refractivity contribution is 7.45. The molecule has 0 aliphatic carbocycles. The maximum atomic E-state index is 12.9. The molecule has 3 atom stereocenters. The Balaban J connectivity index is 4.31. The second kappa shape index (κ2) is 39.4. The Bertz CT molecular complexity index is 969. The molecule has 9 heteroatoms. The number of rotatable bonds is 43. The molecule has 1 amide bonds. The second-order valence-electron chi connectivity index (χ2n) is 17.5. The molecule has 0 aliphatic heterocycles. The van der Waals surface area contributed by atoms with Gasteiger partial charge in [-0.2, -0.15) is 0 Å². The van der Waals surface area contributed by atoms with E-state index < -0.39 is 20.0 Å². The van der Waals surface area contributed by atoms with E-state index in [1.54, 1.807) is 6.08 Å². The molecule has 0 rings (SSSR count). The van der Waals surface area contributed by atoms with E-state index in [-0.39, 0.29) is 19.1 Å². The van der Waals surface area contributed by atoms with E-state index in [1.807, 2.05) is 27.2 Å². The minimum Gasteiger partial charge on any atom is -0.756 e. The Morgan fingerprint density at radius 2 is 0.982 bits per heavy atom. The molecule has 56 heavy (non-hydrogen) atoms. The Morgan fingerprint density at radius 1 is 0.607 bits per heavy atom. The predicted molar refractivity (Wildman–Crippen MR) is 238 cm³/mol. The lowest BCUT2D eigenvalue weighted by atomic mass is 10.0. The number of aliphatic hydroxyl groups is 1. The van der Waals surface area contributed by atoms with Crippen LogP contribution in [-0.2, 0) is 18.4 Å². The van der Waals surface area contributed by atoms with Crippen LogP contribution in [0.25, 0.3) is 0 Å². The van der Waals surface area contributed by atoms with Gasteiger partial charge < -0.3 is 28.8 Å². The summed E-state index contributed by atoms with van der Waals surface area (Å²) in [4.78, 5) is 25.3. The van der Waals surface area contributed by atoms with Crippen molar-refractivity contribution in [2.24, 2.45) is 0 Å². The van der Waals surface area contributed by atoms with Gasteiger partial charge in [-0.3, -0.25) is 9.36 Å². The number of hydrogen-bond acceptors (Lipinski definition) is 6. The summed E-state index contributed by atoms with van der Waals surface area (Å²) in [6.45, 7) is 4.65. The summed E-state index contributed by atoms with van der Waals surface area (Å²) in [6, 6.07) is -0.885. The maximum absolute atomic E-state index is 12.9. The average molecular weight is 813 g/mol. The van der Waals surface area contributed by atoms with Crippen LogP contribution in [0.1, 0.15) is 219 Å². The van der Waals surface area contributed by atoms with Crippen molar-refractivity contribution in [3.8, 4) is 0 Å². The highest BCUT2D eigenvalue weighted by Gasteiger charge is 2.23. The van der Waals surface area contributed by atoms with E-state index in [0.29, 0.717) is 17.4 Å². The van der Waals surface area contributed by atoms with Gasteiger partial charge in [-0.15, -0.1) is 0 Å².